The van der Waals surface area contributed by atoms with Gasteiger partial charge in [0, 0.05) is 0 Å². The third kappa shape index (κ3) is 4.24. The largest absolute Gasteiger partial charge is 0.573 e. The van der Waals surface area contributed by atoms with Crippen molar-refractivity contribution in [3.63, 3.8) is 0 Å². The minimum absolute atomic E-state index is 0.161. The predicted octanol–water partition coefficient (Wildman–Crippen LogP) is 4.30. The number of nitrogens with zero attached hydrogens (tertiary/aromatic N) is 3. The summed E-state index contributed by atoms with van der Waals surface area (Å²) in [4.78, 5) is 16.2. The van der Waals surface area contributed by atoms with Crippen LogP contribution in [0.2, 0.25) is 0 Å². The normalized spacial score (nSPS) is 11.8. The zero-order chi connectivity index (χ0) is 20.5. The van der Waals surface area contributed by atoms with Crippen molar-refractivity contribution >= 4 is 17.0 Å². The summed E-state index contributed by atoms with van der Waals surface area (Å²) >= 11 is 0. The molecule has 148 valence electrons. The number of ether oxygens (including phenoxy) is 2. The van der Waals surface area contributed by atoms with Crippen LogP contribution in [0.4, 0.5) is 13.2 Å². The molecule has 28 heavy (non-hydrogen) atoms. The Morgan fingerprint density at radius 2 is 1.82 bits per heavy atom. The molecule has 0 aliphatic heterocycles. The van der Waals surface area contributed by atoms with Gasteiger partial charge in [0.2, 0.25) is 0 Å². The first-order valence-electron chi connectivity index (χ1n) is 8.51. The molecule has 0 unspecified atom stereocenters. The molecule has 0 amide bonds. The standard InChI is InChI=1S/C19H18F3N3O3/c1-11(2)10-15-17-16(9-8-14(23-17)18(26)27-3)25(24-15)12-4-6-13(7-5-12)28-19(20,21)22/h4-9,11H,10H2,1-3H3. The number of pyridine rings is 1. The molecule has 0 N–H and O–H groups in total. The van der Waals surface area contributed by atoms with Crippen LogP contribution in [0, 0.1) is 5.92 Å². The highest BCUT2D eigenvalue weighted by Gasteiger charge is 2.31. The van der Waals surface area contributed by atoms with Gasteiger partial charge in [0.25, 0.3) is 0 Å². The van der Waals surface area contributed by atoms with E-state index in [4.69, 9.17) is 4.74 Å². The van der Waals surface area contributed by atoms with E-state index in [0.29, 0.717) is 28.8 Å². The summed E-state index contributed by atoms with van der Waals surface area (Å²) in [5, 5.41) is 4.57. The van der Waals surface area contributed by atoms with Crippen molar-refractivity contribution < 1.29 is 27.4 Å². The topological polar surface area (TPSA) is 66.2 Å². The first-order valence-corrected chi connectivity index (χ1v) is 8.51. The quantitative estimate of drug-likeness (QED) is 0.605. The van der Waals surface area contributed by atoms with Gasteiger partial charge in [-0.1, -0.05) is 13.8 Å². The minimum Gasteiger partial charge on any atom is -0.464 e. The number of aromatic nitrogens is 3. The van der Waals surface area contributed by atoms with E-state index in [0.717, 1.165) is 0 Å². The molecule has 2 heterocycles. The number of carbonyl (C=O) groups is 1. The Balaban J connectivity index is 2.06. The molecule has 1 aromatic carbocycles. The van der Waals surface area contributed by atoms with Crippen LogP contribution in [-0.2, 0) is 11.2 Å². The number of fused-ring (bicyclic) bond motifs is 1. The molecule has 0 atom stereocenters. The summed E-state index contributed by atoms with van der Waals surface area (Å²) in [6.45, 7) is 4.05. The van der Waals surface area contributed by atoms with Crippen molar-refractivity contribution in [2.75, 3.05) is 7.11 Å². The van der Waals surface area contributed by atoms with Gasteiger partial charge in [-0.15, -0.1) is 13.2 Å². The Labute approximate surface area is 158 Å². The second-order valence-electron chi connectivity index (χ2n) is 6.55. The van der Waals surface area contributed by atoms with E-state index in [1.165, 1.54) is 37.4 Å². The molecule has 0 aliphatic rings. The molecule has 0 bridgehead atoms. The van der Waals surface area contributed by atoms with Crippen molar-refractivity contribution in [1.82, 2.24) is 14.8 Å². The van der Waals surface area contributed by atoms with Crippen molar-refractivity contribution in [2.24, 2.45) is 5.92 Å². The Kier molecular flexibility index (Phi) is 5.26. The molecule has 3 aromatic rings. The lowest BCUT2D eigenvalue weighted by Crippen LogP contribution is -2.17. The summed E-state index contributed by atoms with van der Waals surface area (Å²) in [6, 6.07) is 8.59. The number of methoxy groups -OCH3 is 1. The van der Waals surface area contributed by atoms with Gasteiger partial charge in [-0.05, 0) is 48.7 Å². The van der Waals surface area contributed by atoms with Crippen molar-refractivity contribution in [1.29, 1.82) is 0 Å². The number of rotatable bonds is 5. The Bertz CT molecular complexity index is 995. The molecular formula is C19H18F3N3O3. The summed E-state index contributed by atoms with van der Waals surface area (Å²) in [6.07, 6.45) is -4.13. The second-order valence-corrected chi connectivity index (χ2v) is 6.55. The average molecular weight is 393 g/mol. The molecule has 6 nitrogen and oxygen atoms in total. The van der Waals surface area contributed by atoms with E-state index in [1.54, 1.807) is 10.7 Å². The van der Waals surface area contributed by atoms with Crippen LogP contribution >= 0.6 is 0 Å². The van der Waals surface area contributed by atoms with Gasteiger partial charge in [0.1, 0.15) is 17.0 Å². The molecule has 0 saturated carbocycles. The molecule has 0 saturated heterocycles. The maximum atomic E-state index is 12.3. The zero-order valence-corrected chi connectivity index (χ0v) is 15.4. The van der Waals surface area contributed by atoms with Gasteiger partial charge < -0.3 is 9.47 Å². The van der Waals surface area contributed by atoms with Crippen molar-refractivity contribution in [3.8, 4) is 11.4 Å². The fourth-order valence-corrected chi connectivity index (χ4v) is 2.79. The molecule has 0 fully saturated rings. The van der Waals surface area contributed by atoms with Crippen LogP contribution in [0.25, 0.3) is 16.7 Å². The lowest BCUT2D eigenvalue weighted by Gasteiger charge is -2.09. The predicted molar refractivity (Wildman–Crippen MR) is 95.4 cm³/mol. The molecule has 0 spiro atoms. The van der Waals surface area contributed by atoms with E-state index in [1.807, 2.05) is 13.8 Å². The molecule has 9 heteroatoms. The molecule has 2 aromatic heterocycles. The third-order valence-corrected chi connectivity index (χ3v) is 3.91. The number of hydrogen-bond donors (Lipinski definition) is 0. The number of carbonyl (C=O) groups excluding carboxylic acids is 1. The van der Waals surface area contributed by atoms with Crippen LogP contribution in [-0.4, -0.2) is 34.2 Å². The maximum Gasteiger partial charge on any atom is 0.573 e. The van der Waals surface area contributed by atoms with Gasteiger partial charge in [0.05, 0.1) is 24.0 Å². The number of halogens is 3. The lowest BCUT2D eigenvalue weighted by atomic mass is 10.1. The molecule has 0 radical (unpaired) electrons. The number of alkyl halides is 3. The van der Waals surface area contributed by atoms with E-state index >= 15 is 0 Å². The van der Waals surface area contributed by atoms with Crippen molar-refractivity contribution in [3.05, 3.63) is 47.8 Å². The Hall–Kier alpha value is -3.10. The molecule has 3 rings (SSSR count). The summed E-state index contributed by atoms with van der Waals surface area (Å²) < 4.78 is 47.2. The fourth-order valence-electron chi connectivity index (χ4n) is 2.79. The lowest BCUT2D eigenvalue weighted by molar-refractivity contribution is -0.274. The third-order valence-electron chi connectivity index (χ3n) is 3.91. The summed E-state index contributed by atoms with van der Waals surface area (Å²) in [5.74, 6) is -0.585. The van der Waals surface area contributed by atoms with E-state index in [-0.39, 0.29) is 17.4 Å². The van der Waals surface area contributed by atoms with Crippen LogP contribution in [0.15, 0.2) is 36.4 Å². The highest BCUT2D eigenvalue weighted by Crippen LogP contribution is 2.27. The summed E-state index contributed by atoms with van der Waals surface area (Å²) in [5.41, 5.74) is 2.57. The first kappa shape index (κ1) is 19.7. The minimum atomic E-state index is -4.75. The van der Waals surface area contributed by atoms with Gasteiger partial charge in [-0.25, -0.2) is 14.5 Å². The van der Waals surface area contributed by atoms with Crippen molar-refractivity contribution in [2.45, 2.75) is 26.6 Å². The second kappa shape index (κ2) is 7.49. The van der Waals surface area contributed by atoms with E-state index in [2.05, 4.69) is 14.8 Å². The smallest absolute Gasteiger partial charge is 0.464 e. The van der Waals surface area contributed by atoms with Gasteiger partial charge >= 0.3 is 12.3 Å². The first-order chi connectivity index (χ1) is 13.2. The molecular weight excluding hydrogens is 375 g/mol. The maximum absolute atomic E-state index is 12.3. The van der Waals surface area contributed by atoms with Crippen LogP contribution in [0.1, 0.15) is 30.0 Å². The highest BCUT2D eigenvalue weighted by molar-refractivity contribution is 5.91. The van der Waals surface area contributed by atoms with Crippen LogP contribution in [0.3, 0.4) is 0 Å². The fraction of sp³-hybridized carbons (Fsp3) is 0.316. The van der Waals surface area contributed by atoms with E-state index in [9.17, 15) is 18.0 Å². The SMILES string of the molecule is COC(=O)c1ccc2c(n1)c(CC(C)C)nn2-c1ccc(OC(F)(F)F)cc1. The Morgan fingerprint density at radius 1 is 1.14 bits per heavy atom. The number of benzene rings is 1. The van der Waals surface area contributed by atoms with Crippen LogP contribution < -0.4 is 4.74 Å². The highest BCUT2D eigenvalue weighted by atomic mass is 19.4. The van der Waals surface area contributed by atoms with Gasteiger partial charge in [-0.3, -0.25) is 0 Å². The van der Waals surface area contributed by atoms with Gasteiger partial charge in [0.15, 0.2) is 0 Å². The number of hydrogen-bond acceptors (Lipinski definition) is 5. The van der Waals surface area contributed by atoms with E-state index < -0.39 is 12.3 Å². The number of esters is 1. The summed E-state index contributed by atoms with van der Waals surface area (Å²) in [7, 11) is 1.28. The van der Waals surface area contributed by atoms with Crippen LogP contribution in [0.5, 0.6) is 5.75 Å². The zero-order valence-electron chi connectivity index (χ0n) is 15.4. The van der Waals surface area contributed by atoms with Gasteiger partial charge in [-0.2, -0.15) is 5.10 Å². The average Bonchev–Trinajstić information content (AvgIpc) is 2.97. The Morgan fingerprint density at radius 3 is 2.39 bits per heavy atom. The molecule has 0 aliphatic carbocycles. The monoisotopic (exact) mass is 393 g/mol.